The van der Waals surface area contributed by atoms with Gasteiger partial charge in [0.15, 0.2) is 0 Å². The summed E-state index contributed by atoms with van der Waals surface area (Å²) in [4.78, 5) is 13.0. The van der Waals surface area contributed by atoms with Gasteiger partial charge in [-0.05, 0) is 58.3 Å². The summed E-state index contributed by atoms with van der Waals surface area (Å²) in [6.07, 6.45) is 7.85. The van der Waals surface area contributed by atoms with Crippen LogP contribution in [0.1, 0.15) is 92.4 Å². The molecule has 0 amide bonds. The predicted octanol–water partition coefficient (Wildman–Crippen LogP) is 4.98. The van der Waals surface area contributed by atoms with E-state index in [0.717, 1.165) is 57.8 Å². The lowest BCUT2D eigenvalue weighted by Gasteiger charge is -2.64. The number of rotatable bonds is 13. The highest BCUT2D eigenvalue weighted by Gasteiger charge is 2.66. The topological polar surface area (TPSA) is 63.2 Å². The Morgan fingerprint density at radius 2 is 1.30 bits per heavy atom. The molecule has 0 aliphatic heterocycles. The van der Waals surface area contributed by atoms with Gasteiger partial charge in [-0.15, -0.1) is 0 Å². The third kappa shape index (κ3) is 5.20. The van der Waals surface area contributed by atoms with Gasteiger partial charge in [-0.3, -0.25) is 4.79 Å². The molecule has 2 atom stereocenters. The van der Waals surface area contributed by atoms with Crippen molar-refractivity contribution in [3.8, 4) is 0 Å². The predicted molar refractivity (Wildman–Crippen MR) is 114 cm³/mol. The van der Waals surface area contributed by atoms with E-state index in [-0.39, 0.29) is 30.8 Å². The monoisotopic (exact) mass is 426 g/mol. The maximum Gasteiger partial charge on any atom is 0.312 e. The van der Waals surface area contributed by atoms with Gasteiger partial charge >= 0.3 is 5.97 Å². The van der Waals surface area contributed by atoms with Crippen molar-refractivity contribution in [2.45, 2.75) is 109 Å². The lowest BCUT2D eigenvalue weighted by molar-refractivity contribution is -0.310. The van der Waals surface area contributed by atoms with Crippen molar-refractivity contribution in [2.24, 2.45) is 11.3 Å². The zero-order valence-corrected chi connectivity index (χ0v) is 19.7. The molecule has 6 nitrogen and oxygen atoms in total. The van der Waals surface area contributed by atoms with Crippen LogP contribution in [0.4, 0.5) is 0 Å². The summed E-state index contributed by atoms with van der Waals surface area (Å²) >= 11 is 0. The summed E-state index contributed by atoms with van der Waals surface area (Å²) < 4.78 is 30.4. The fourth-order valence-corrected chi connectivity index (χ4v) is 5.83. The van der Waals surface area contributed by atoms with E-state index >= 15 is 0 Å². The minimum absolute atomic E-state index is 0.110. The van der Waals surface area contributed by atoms with Crippen molar-refractivity contribution < 1.29 is 28.5 Å². The van der Waals surface area contributed by atoms with Gasteiger partial charge in [-0.1, -0.05) is 20.8 Å². The van der Waals surface area contributed by atoms with E-state index in [1.54, 1.807) is 0 Å². The summed E-state index contributed by atoms with van der Waals surface area (Å²) in [6.45, 7) is 12.1. The highest BCUT2D eigenvalue weighted by Crippen LogP contribution is 2.63. The van der Waals surface area contributed by atoms with Crippen LogP contribution in [0.3, 0.4) is 0 Å². The standard InChI is InChI=1S/C24H42O6/c1-6-9-26-17-28-22-11-19-12-23(14-22,29-18-27-10-7-2)16-24(13-19,15-22)30-20(25)21(4,5)8-3/h19H,6-18H2,1-5H3. The number of esters is 1. The van der Waals surface area contributed by atoms with Crippen molar-refractivity contribution in [3.05, 3.63) is 0 Å². The Bertz CT molecular complexity index is 560. The maximum absolute atomic E-state index is 13.0. The molecule has 0 aromatic rings. The summed E-state index contributed by atoms with van der Waals surface area (Å²) in [5, 5.41) is 0. The number of ether oxygens (including phenoxy) is 5. The second-order valence-electron chi connectivity index (χ2n) is 10.5. The van der Waals surface area contributed by atoms with Crippen molar-refractivity contribution in [1.29, 1.82) is 0 Å². The van der Waals surface area contributed by atoms with Gasteiger partial charge in [-0.2, -0.15) is 0 Å². The van der Waals surface area contributed by atoms with Gasteiger partial charge in [-0.25, -0.2) is 0 Å². The first-order valence-corrected chi connectivity index (χ1v) is 11.9. The summed E-state index contributed by atoms with van der Waals surface area (Å²) in [6, 6.07) is 0. The van der Waals surface area contributed by atoms with Crippen LogP contribution >= 0.6 is 0 Å². The van der Waals surface area contributed by atoms with Crippen LogP contribution in [0.15, 0.2) is 0 Å². The van der Waals surface area contributed by atoms with Gasteiger partial charge in [0.1, 0.15) is 19.2 Å². The zero-order chi connectivity index (χ0) is 21.9. The Hall–Kier alpha value is -0.690. The van der Waals surface area contributed by atoms with Crippen LogP contribution in [0.5, 0.6) is 0 Å². The van der Waals surface area contributed by atoms with Crippen LogP contribution in [0, 0.1) is 11.3 Å². The molecule has 0 aromatic carbocycles. The van der Waals surface area contributed by atoms with Gasteiger partial charge in [0.25, 0.3) is 0 Å². The zero-order valence-electron chi connectivity index (χ0n) is 19.7. The highest BCUT2D eigenvalue weighted by atomic mass is 16.7. The summed E-state index contributed by atoms with van der Waals surface area (Å²) in [7, 11) is 0. The van der Waals surface area contributed by atoms with Gasteiger partial charge in [0, 0.05) is 32.5 Å². The molecule has 4 aliphatic rings. The SMILES string of the molecule is CCCOCOC12CC3CC(OCOCCC)(C1)CC(OC(=O)C(C)(C)CC)(C3)C2. The lowest BCUT2D eigenvalue weighted by atomic mass is 9.50. The smallest absolute Gasteiger partial charge is 0.312 e. The van der Waals surface area contributed by atoms with Crippen LogP contribution in [-0.2, 0) is 28.5 Å². The normalized spacial score (nSPS) is 35.0. The number of carbonyl (C=O) groups excluding carboxylic acids is 1. The van der Waals surface area contributed by atoms with Crippen LogP contribution in [0.2, 0.25) is 0 Å². The summed E-state index contributed by atoms with van der Waals surface area (Å²) in [5.74, 6) is 0.317. The molecule has 30 heavy (non-hydrogen) atoms. The second-order valence-corrected chi connectivity index (χ2v) is 10.5. The van der Waals surface area contributed by atoms with Crippen molar-refractivity contribution in [2.75, 3.05) is 26.8 Å². The maximum atomic E-state index is 13.0. The first kappa shape index (κ1) is 24.0. The average molecular weight is 427 g/mol. The number of hydrogen-bond donors (Lipinski definition) is 0. The fourth-order valence-electron chi connectivity index (χ4n) is 5.83. The molecule has 4 saturated carbocycles. The van der Waals surface area contributed by atoms with Crippen molar-refractivity contribution in [3.63, 3.8) is 0 Å². The van der Waals surface area contributed by atoms with E-state index in [2.05, 4.69) is 13.8 Å². The summed E-state index contributed by atoms with van der Waals surface area (Å²) in [5.41, 5.74) is -1.71. The Labute approximate surface area is 182 Å². The van der Waals surface area contributed by atoms with E-state index in [0.29, 0.717) is 19.1 Å². The Kier molecular flexibility index (Phi) is 7.54. The Morgan fingerprint density at radius 3 is 1.77 bits per heavy atom. The molecule has 4 rings (SSSR count). The minimum atomic E-state index is -0.515. The number of carbonyl (C=O) groups is 1. The van der Waals surface area contributed by atoms with Gasteiger partial charge < -0.3 is 23.7 Å². The Balaban J connectivity index is 1.78. The van der Waals surface area contributed by atoms with E-state index in [1.165, 1.54) is 0 Å². The second kappa shape index (κ2) is 9.43. The van der Waals surface area contributed by atoms with E-state index in [9.17, 15) is 4.79 Å². The molecule has 4 bridgehead atoms. The first-order valence-electron chi connectivity index (χ1n) is 11.9. The van der Waals surface area contributed by atoms with Crippen LogP contribution in [0.25, 0.3) is 0 Å². The largest absolute Gasteiger partial charge is 0.458 e. The quantitative estimate of drug-likeness (QED) is 0.235. The molecule has 0 radical (unpaired) electrons. The Morgan fingerprint density at radius 1 is 0.833 bits per heavy atom. The lowest BCUT2D eigenvalue weighted by Crippen LogP contribution is -2.68. The molecule has 0 spiro atoms. The number of hydrogen-bond acceptors (Lipinski definition) is 6. The molecule has 6 heteroatoms. The molecule has 2 unspecified atom stereocenters. The van der Waals surface area contributed by atoms with E-state index < -0.39 is 11.0 Å². The van der Waals surface area contributed by atoms with Crippen molar-refractivity contribution >= 4 is 5.97 Å². The molecular weight excluding hydrogens is 384 g/mol. The molecule has 0 heterocycles. The highest BCUT2D eigenvalue weighted by molar-refractivity contribution is 5.76. The first-order chi connectivity index (χ1) is 14.2. The minimum Gasteiger partial charge on any atom is -0.458 e. The van der Waals surface area contributed by atoms with Crippen LogP contribution in [-0.4, -0.2) is 49.6 Å². The van der Waals surface area contributed by atoms with E-state index in [4.69, 9.17) is 23.7 Å². The van der Waals surface area contributed by atoms with Crippen LogP contribution < -0.4 is 0 Å². The van der Waals surface area contributed by atoms with Crippen molar-refractivity contribution in [1.82, 2.24) is 0 Å². The molecule has 174 valence electrons. The molecule has 4 aliphatic carbocycles. The molecule has 0 saturated heterocycles. The average Bonchev–Trinajstić information content (AvgIpc) is 2.67. The van der Waals surface area contributed by atoms with E-state index in [1.807, 2.05) is 20.8 Å². The third-order valence-electron chi connectivity index (χ3n) is 7.25. The fraction of sp³-hybridized carbons (Fsp3) is 0.958. The molecule has 4 fully saturated rings. The molecular formula is C24H42O6. The molecule has 0 aromatic heterocycles. The third-order valence-corrected chi connectivity index (χ3v) is 7.25. The molecule has 0 N–H and O–H groups in total. The van der Waals surface area contributed by atoms with Gasteiger partial charge in [0.2, 0.25) is 0 Å². The van der Waals surface area contributed by atoms with Gasteiger partial charge in [0.05, 0.1) is 16.6 Å².